The lowest BCUT2D eigenvalue weighted by Crippen LogP contribution is -2.45. The summed E-state index contributed by atoms with van der Waals surface area (Å²) in [4.78, 5) is 2.32. The summed E-state index contributed by atoms with van der Waals surface area (Å²) in [6.45, 7) is 4.51. The number of methoxy groups -OCH3 is 1. The van der Waals surface area contributed by atoms with E-state index < -0.39 is 0 Å². The minimum absolute atomic E-state index is 0.713. The smallest absolute Gasteiger partial charge is 0.141 e. The fourth-order valence-electron chi connectivity index (χ4n) is 1.83. The molecule has 1 aromatic carbocycles. The molecule has 3 heteroatoms. The first-order valence-corrected chi connectivity index (χ1v) is 4.89. The van der Waals surface area contributed by atoms with Gasteiger partial charge in [-0.05, 0) is 24.1 Å². The average Bonchev–Trinajstić information content (AvgIpc) is 2.13. The van der Waals surface area contributed by atoms with Gasteiger partial charge < -0.3 is 15.4 Å². The molecule has 0 atom stereocenters. The second-order valence-electron chi connectivity index (χ2n) is 3.94. The summed E-state index contributed by atoms with van der Waals surface area (Å²) in [5, 5.41) is 0. The van der Waals surface area contributed by atoms with Crippen LogP contribution in [0.15, 0.2) is 18.2 Å². The lowest BCUT2D eigenvalue weighted by molar-refractivity contribution is 0.416. The first kappa shape index (κ1) is 9.19. The Balaban J connectivity index is 2.16. The van der Waals surface area contributed by atoms with Crippen molar-refractivity contribution < 1.29 is 4.74 Å². The van der Waals surface area contributed by atoms with Crippen LogP contribution >= 0.6 is 0 Å². The highest BCUT2D eigenvalue weighted by molar-refractivity contribution is 5.64. The van der Waals surface area contributed by atoms with Gasteiger partial charge in [-0.1, -0.05) is 6.92 Å². The maximum atomic E-state index is 5.83. The Morgan fingerprint density at radius 3 is 2.64 bits per heavy atom. The number of hydrogen-bond donors (Lipinski definition) is 1. The van der Waals surface area contributed by atoms with Crippen LogP contribution < -0.4 is 15.4 Å². The number of ether oxygens (including phenoxy) is 1. The Morgan fingerprint density at radius 1 is 1.43 bits per heavy atom. The van der Waals surface area contributed by atoms with Gasteiger partial charge >= 0.3 is 0 Å². The van der Waals surface area contributed by atoms with Gasteiger partial charge in [-0.3, -0.25) is 0 Å². The number of hydrogen-bond acceptors (Lipinski definition) is 3. The highest BCUT2D eigenvalue weighted by Crippen LogP contribution is 2.30. The predicted octanol–water partition coefficient (Wildman–Crippen LogP) is 1.73. The van der Waals surface area contributed by atoms with Crippen LogP contribution in [0.1, 0.15) is 6.92 Å². The van der Waals surface area contributed by atoms with Crippen LogP contribution in [-0.2, 0) is 0 Å². The number of benzene rings is 1. The van der Waals surface area contributed by atoms with E-state index in [2.05, 4.69) is 17.9 Å². The number of nitrogen functional groups attached to an aromatic ring is 1. The molecule has 0 spiro atoms. The number of anilines is 2. The quantitative estimate of drug-likeness (QED) is 0.725. The van der Waals surface area contributed by atoms with E-state index >= 15 is 0 Å². The summed E-state index contributed by atoms with van der Waals surface area (Å²) in [6.07, 6.45) is 0. The standard InChI is InChI=1S/C11H16N2O/c1-8-6-13(7-8)9-3-4-11(14-2)10(12)5-9/h3-5,8H,6-7,12H2,1-2H3. The zero-order chi connectivity index (χ0) is 10.1. The van der Waals surface area contributed by atoms with Crippen molar-refractivity contribution in [2.75, 3.05) is 30.8 Å². The van der Waals surface area contributed by atoms with Crippen LogP contribution in [0.3, 0.4) is 0 Å². The van der Waals surface area contributed by atoms with Gasteiger partial charge in [0.1, 0.15) is 5.75 Å². The first-order valence-electron chi connectivity index (χ1n) is 4.89. The van der Waals surface area contributed by atoms with Gasteiger partial charge in [0.05, 0.1) is 12.8 Å². The summed E-state index contributed by atoms with van der Waals surface area (Å²) in [5.41, 5.74) is 7.74. The van der Waals surface area contributed by atoms with Crippen molar-refractivity contribution in [1.29, 1.82) is 0 Å². The second kappa shape index (κ2) is 3.40. The molecule has 0 amide bonds. The van der Waals surface area contributed by atoms with Crippen LogP contribution in [0.4, 0.5) is 11.4 Å². The van der Waals surface area contributed by atoms with E-state index in [0.29, 0.717) is 5.69 Å². The van der Waals surface area contributed by atoms with E-state index in [4.69, 9.17) is 10.5 Å². The predicted molar refractivity (Wildman–Crippen MR) is 58.8 cm³/mol. The molecule has 1 aliphatic heterocycles. The van der Waals surface area contributed by atoms with Gasteiger partial charge in [-0.25, -0.2) is 0 Å². The van der Waals surface area contributed by atoms with Crippen molar-refractivity contribution in [3.05, 3.63) is 18.2 Å². The zero-order valence-electron chi connectivity index (χ0n) is 8.66. The fourth-order valence-corrected chi connectivity index (χ4v) is 1.83. The van der Waals surface area contributed by atoms with Gasteiger partial charge in [0.2, 0.25) is 0 Å². The van der Waals surface area contributed by atoms with Crippen LogP contribution in [0.25, 0.3) is 0 Å². The van der Waals surface area contributed by atoms with E-state index in [1.807, 2.05) is 12.1 Å². The third-order valence-corrected chi connectivity index (χ3v) is 2.64. The molecule has 3 nitrogen and oxygen atoms in total. The Kier molecular flexibility index (Phi) is 2.23. The topological polar surface area (TPSA) is 38.5 Å². The normalized spacial score (nSPS) is 16.6. The van der Waals surface area contributed by atoms with E-state index in [1.165, 1.54) is 5.69 Å². The fraction of sp³-hybridized carbons (Fsp3) is 0.455. The van der Waals surface area contributed by atoms with Gasteiger partial charge in [0, 0.05) is 18.8 Å². The molecule has 1 saturated heterocycles. The van der Waals surface area contributed by atoms with Crippen molar-refractivity contribution in [1.82, 2.24) is 0 Å². The van der Waals surface area contributed by atoms with Crippen LogP contribution in [0, 0.1) is 5.92 Å². The number of rotatable bonds is 2. The summed E-state index contributed by atoms with van der Waals surface area (Å²) in [5.74, 6) is 1.56. The maximum absolute atomic E-state index is 5.83. The molecule has 0 radical (unpaired) electrons. The molecule has 1 aromatic rings. The first-order chi connectivity index (χ1) is 6.70. The SMILES string of the molecule is COc1ccc(N2CC(C)C2)cc1N. The third kappa shape index (κ3) is 1.50. The molecular formula is C11H16N2O. The van der Waals surface area contributed by atoms with E-state index in [1.54, 1.807) is 7.11 Å². The highest BCUT2D eigenvalue weighted by Gasteiger charge is 2.22. The summed E-state index contributed by atoms with van der Waals surface area (Å²) in [7, 11) is 1.64. The Bertz CT molecular complexity index is 332. The summed E-state index contributed by atoms with van der Waals surface area (Å²) < 4.78 is 5.11. The summed E-state index contributed by atoms with van der Waals surface area (Å²) in [6, 6.07) is 5.96. The molecule has 1 fully saturated rings. The maximum Gasteiger partial charge on any atom is 0.141 e. The molecule has 1 heterocycles. The van der Waals surface area contributed by atoms with Crippen LogP contribution in [-0.4, -0.2) is 20.2 Å². The van der Waals surface area contributed by atoms with Crippen molar-refractivity contribution in [2.24, 2.45) is 5.92 Å². The van der Waals surface area contributed by atoms with Crippen LogP contribution in [0.5, 0.6) is 5.75 Å². The van der Waals surface area contributed by atoms with Gasteiger partial charge in [-0.15, -0.1) is 0 Å². The Morgan fingerprint density at radius 2 is 2.14 bits per heavy atom. The van der Waals surface area contributed by atoms with Crippen LogP contribution in [0.2, 0.25) is 0 Å². The molecule has 0 aliphatic carbocycles. The highest BCUT2D eigenvalue weighted by atomic mass is 16.5. The lowest BCUT2D eigenvalue weighted by atomic mass is 10.0. The number of nitrogens with two attached hydrogens (primary N) is 1. The number of nitrogens with zero attached hydrogens (tertiary/aromatic N) is 1. The molecule has 0 saturated carbocycles. The van der Waals surface area contributed by atoms with E-state index in [9.17, 15) is 0 Å². The largest absolute Gasteiger partial charge is 0.495 e. The van der Waals surface area contributed by atoms with Crippen molar-refractivity contribution in [2.45, 2.75) is 6.92 Å². The minimum atomic E-state index is 0.713. The molecule has 2 rings (SSSR count). The lowest BCUT2D eigenvalue weighted by Gasteiger charge is -2.39. The molecule has 76 valence electrons. The Hall–Kier alpha value is -1.38. The molecular weight excluding hydrogens is 176 g/mol. The second-order valence-corrected chi connectivity index (χ2v) is 3.94. The van der Waals surface area contributed by atoms with Gasteiger partial charge in [0.25, 0.3) is 0 Å². The monoisotopic (exact) mass is 192 g/mol. The van der Waals surface area contributed by atoms with Crippen molar-refractivity contribution >= 4 is 11.4 Å². The van der Waals surface area contributed by atoms with Gasteiger partial charge in [0.15, 0.2) is 0 Å². The van der Waals surface area contributed by atoms with Crippen molar-refractivity contribution in [3.8, 4) is 5.75 Å². The molecule has 2 N–H and O–H groups in total. The average molecular weight is 192 g/mol. The minimum Gasteiger partial charge on any atom is -0.495 e. The molecule has 1 aliphatic rings. The Labute approximate surface area is 84.5 Å². The summed E-state index contributed by atoms with van der Waals surface area (Å²) >= 11 is 0. The molecule has 0 aromatic heterocycles. The third-order valence-electron chi connectivity index (χ3n) is 2.64. The molecule has 0 unspecified atom stereocenters. The van der Waals surface area contributed by atoms with Gasteiger partial charge in [-0.2, -0.15) is 0 Å². The van der Waals surface area contributed by atoms with E-state index in [-0.39, 0.29) is 0 Å². The van der Waals surface area contributed by atoms with E-state index in [0.717, 1.165) is 24.8 Å². The van der Waals surface area contributed by atoms with Crippen molar-refractivity contribution in [3.63, 3.8) is 0 Å². The molecule has 14 heavy (non-hydrogen) atoms. The molecule has 0 bridgehead atoms. The zero-order valence-corrected chi connectivity index (χ0v) is 8.66.